The second-order valence-corrected chi connectivity index (χ2v) is 7.82. The van der Waals surface area contributed by atoms with E-state index in [0.29, 0.717) is 17.1 Å². The Labute approximate surface area is 199 Å². The largest absolute Gasteiger partial charge is 0.457 e. The van der Waals surface area contributed by atoms with Crippen LogP contribution >= 0.6 is 11.6 Å². The van der Waals surface area contributed by atoms with E-state index < -0.39 is 17.8 Å². The first kappa shape index (κ1) is 22.8. The van der Waals surface area contributed by atoms with Crippen LogP contribution in [-0.2, 0) is 20.9 Å². The fraction of sp³-hybridized carbons (Fsp3) is 0.0769. The average Bonchev–Trinajstić information content (AvgIpc) is 3.30. The van der Waals surface area contributed by atoms with Crippen LogP contribution in [0.2, 0.25) is 5.02 Å². The van der Waals surface area contributed by atoms with Gasteiger partial charge >= 0.3 is 5.97 Å². The van der Waals surface area contributed by atoms with E-state index in [-0.39, 0.29) is 33.9 Å². The number of amides is 2. The Balaban J connectivity index is 1.58. The van der Waals surface area contributed by atoms with Crippen LogP contribution in [0.4, 0.5) is 0 Å². The van der Waals surface area contributed by atoms with Crippen LogP contribution in [0, 0.1) is 11.3 Å². The molecule has 4 rings (SSSR count). The van der Waals surface area contributed by atoms with Crippen molar-refractivity contribution in [3.8, 4) is 17.4 Å². The number of imide groups is 1. The number of carbonyl (C=O) groups is 3. The van der Waals surface area contributed by atoms with E-state index in [1.807, 2.05) is 30.3 Å². The van der Waals surface area contributed by atoms with E-state index in [1.54, 1.807) is 36.4 Å². The van der Waals surface area contributed by atoms with Crippen molar-refractivity contribution < 1.29 is 23.5 Å². The Hall–Kier alpha value is -4.41. The van der Waals surface area contributed by atoms with Crippen molar-refractivity contribution in [2.24, 2.45) is 0 Å². The fourth-order valence-corrected chi connectivity index (χ4v) is 3.57. The molecule has 0 aliphatic carbocycles. The smallest absolute Gasteiger partial charge is 0.340 e. The van der Waals surface area contributed by atoms with E-state index in [0.717, 1.165) is 5.56 Å². The second kappa shape index (κ2) is 9.61. The van der Waals surface area contributed by atoms with Gasteiger partial charge in [-0.15, -0.1) is 0 Å². The summed E-state index contributed by atoms with van der Waals surface area (Å²) < 4.78 is 11.2. The van der Waals surface area contributed by atoms with Crippen LogP contribution in [0.25, 0.3) is 17.4 Å². The molecule has 0 bridgehead atoms. The van der Waals surface area contributed by atoms with E-state index >= 15 is 0 Å². The molecule has 0 saturated heterocycles. The number of ether oxygens (including phenoxy) is 1. The number of halogens is 1. The zero-order valence-corrected chi connectivity index (χ0v) is 18.7. The molecule has 0 radical (unpaired) electrons. The molecule has 0 atom stereocenters. The van der Waals surface area contributed by atoms with Crippen LogP contribution in [-0.4, -0.2) is 17.8 Å². The number of rotatable bonds is 5. The Bertz CT molecular complexity index is 1410. The Kier molecular flexibility index (Phi) is 6.44. The highest BCUT2D eigenvalue weighted by atomic mass is 35.5. The van der Waals surface area contributed by atoms with Crippen LogP contribution < -0.4 is 5.32 Å². The Morgan fingerprint density at radius 2 is 1.88 bits per heavy atom. The monoisotopic (exact) mass is 472 g/mol. The molecule has 7 nitrogen and oxygen atoms in total. The molecule has 1 aliphatic rings. The number of nitrogens with zero attached hydrogens (tertiary/aromatic N) is 1. The molecule has 0 saturated carbocycles. The lowest BCUT2D eigenvalue weighted by molar-refractivity contribution is -0.126. The topological polar surface area (TPSA) is 109 Å². The van der Waals surface area contributed by atoms with Gasteiger partial charge in [-0.25, -0.2) is 4.79 Å². The summed E-state index contributed by atoms with van der Waals surface area (Å²) in [6.45, 7) is 1.64. The minimum atomic E-state index is -0.727. The summed E-state index contributed by atoms with van der Waals surface area (Å²) in [6.07, 6.45) is 1.45. The molecule has 0 spiro atoms. The minimum Gasteiger partial charge on any atom is -0.457 e. The number of furan rings is 1. The summed E-state index contributed by atoms with van der Waals surface area (Å²) in [6, 6.07) is 19.2. The predicted molar refractivity (Wildman–Crippen MR) is 124 cm³/mol. The first-order valence-electron chi connectivity index (χ1n) is 10.2. The predicted octanol–water partition coefficient (Wildman–Crippen LogP) is 4.84. The van der Waals surface area contributed by atoms with Gasteiger partial charge in [-0.05, 0) is 54.5 Å². The Morgan fingerprint density at radius 3 is 2.62 bits per heavy atom. The molecule has 2 heterocycles. The highest BCUT2D eigenvalue weighted by Gasteiger charge is 2.27. The highest BCUT2D eigenvalue weighted by molar-refractivity contribution is 6.33. The Morgan fingerprint density at radius 1 is 1.12 bits per heavy atom. The molecule has 168 valence electrons. The van der Waals surface area contributed by atoms with Crippen molar-refractivity contribution in [1.29, 1.82) is 5.26 Å². The molecule has 34 heavy (non-hydrogen) atoms. The van der Waals surface area contributed by atoms with Gasteiger partial charge in [0.05, 0.1) is 10.6 Å². The van der Waals surface area contributed by atoms with Crippen LogP contribution in [0.15, 0.2) is 81.8 Å². The molecular weight excluding hydrogens is 456 g/mol. The summed E-state index contributed by atoms with van der Waals surface area (Å²) in [5.41, 5.74) is 1.91. The first-order valence-corrected chi connectivity index (χ1v) is 10.5. The molecule has 2 aromatic carbocycles. The van der Waals surface area contributed by atoms with Crippen molar-refractivity contribution in [2.45, 2.75) is 13.5 Å². The van der Waals surface area contributed by atoms with Gasteiger partial charge in [0.1, 0.15) is 29.8 Å². The van der Waals surface area contributed by atoms with Crippen molar-refractivity contribution in [1.82, 2.24) is 5.32 Å². The van der Waals surface area contributed by atoms with Gasteiger partial charge in [-0.3, -0.25) is 14.9 Å². The van der Waals surface area contributed by atoms with Crippen LogP contribution in [0.3, 0.4) is 0 Å². The number of hydrogen-bond donors (Lipinski definition) is 1. The minimum absolute atomic E-state index is 0.112. The molecule has 0 fully saturated rings. The number of benzene rings is 2. The lowest BCUT2D eigenvalue weighted by Crippen LogP contribution is -2.37. The molecule has 1 aliphatic heterocycles. The second-order valence-electron chi connectivity index (χ2n) is 7.41. The van der Waals surface area contributed by atoms with Gasteiger partial charge in [0.15, 0.2) is 0 Å². The number of carbonyl (C=O) groups excluding carboxylic acids is 3. The number of esters is 1. The van der Waals surface area contributed by atoms with Gasteiger partial charge in [0.25, 0.3) is 11.8 Å². The van der Waals surface area contributed by atoms with Gasteiger partial charge in [0, 0.05) is 11.1 Å². The maximum absolute atomic E-state index is 12.6. The van der Waals surface area contributed by atoms with Gasteiger partial charge in [0.2, 0.25) is 0 Å². The van der Waals surface area contributed by atoms with E-state index in [1.165, 1.54) is 13.0 Å². The van der Waals surface area contributed by atoms with Crippen LogP contribution in [0.1, 0.15) is 28.6 Å². The number of nitriles is 1. The average molecular weight is 473 g/mol. The molecule has 8 heteroatoms. The van der Waals surface area contributed by atoms with Gasteiger partial charge in [-0.1, -0.05) is 41.9 Å². The number of hydrogen-bond acceptors (Lipinski definition) is 6. The third kappa shape index (κ3) is 4.68. The first-order chi connectivity index (χ1) is 16.4. The zero-order valence-electron chi connectivity index (χ0n) is 17.9. The lowest BCUT2D eigenvalue weighted by Gasteiger charge is -2.15. The summed E-state index contributed by atoms with van der Waals surface area (Å²) in [4.78, 5) is 36.6. The molecule has 3 aromatic rings. The van der Waals surface area contributed by atoms with E-state index in [9.17, 15) is 19.6 Å². The van der Waals surface area contributed by atoms with E-state index in [2.05, 4.69) is 5.32 Å². The number of nitrogens with one attached hydrogen (secondary N) is 1. The third-order valence-corrected chi connectivity index (χ3v) is 5.52. The maximum Gasteiger partial charge on any atom is 0.340 e. The van der Waals surface area contributed by atoms with E-state index in [4.69, 9.17) is 20.8 Å². The van der Waals surface area contributed by atoms with Gasteiger partial charge in [-0.2, -0.15) is 5.26 Å². The maximum atomic E-state index is 12.6. The highest BCUT2D eigenvalue weighted by Crippen LogP contribution is 2.29. The standard InChI is InChI=1S/C26H17ClN2O5/c1-15-19(24(30)29-25(31)21(15)13-28)12-18-8-10-23(34-18)17-7-9-22(27)20(11-17)26(32)33-14-16-5-3-2-4-6-16/h2-12H,14H2,1H3,(H,29,30,31)/b19-12-. The summed E-state index contributed by atoms with van der Waals surface area (Å²) >= 11 is 6.22. The molecule has 0 unspecified atom stereocenters. The SMILES string of the molecule is CC1=C(C#N)C(=O)NC(=O)/C1=C\c1ccc(-c2ccc(Cl)c(C(=O)OCc3ccccc3)c2)o1. The summed E-state index contributed by atoms with van der Waals surface area (Å²) in [5.74, 6) is -1.16. The molecule has 1 N–H and O–H groups in total. The molecular formula is C26H17ClN2O5. The molecule has 2 amide bonds. The van der Waals surface area contributed by atoms with Crippen molar-refractivity contribution in [3.63, 3.8) is 0 Å². The normalized spacial score (nSPS) is 14.7. The summed E-state index contributed by atoms with van der Waals surface area (Å²) in [5, 5.41) is 11.5. The quantitative estimate of drug-likeness (QED) is 0.323. The fourth-order valence-electron chi connectivity index (χ4n) is 3.38. The summed E-state index contributed by atoms with van der Waals surface area (Å²) in [7, 11) is 0. The van der Waals surface area contributed by atoms with Crippen molar-refractivity contribution >= 4 is 35.5 Å². The lowest BCUT2D eigenvalue weighted by atomic mass is 9.96. The van der Waals surface area contributed by atoms with Crippen LogP contribution in [0.5, 0.6) is 0 Å². The van der Waals surface area contributed by atoms with Gasteiger partial charge < -0.3 is 9.15 Å². The molecule has 1 aromatic heterocycles. The third-order valence-electron chi connectivity index (χ3n) is 5.19. The zero-order chi connectivity index (χ0) is 24.2. The van der Waals surface area contributed by atoms with Crippen molar-refractivity contribution in [3.05, 3.63) is 99.3 Å². The van der Waals surface area contributed by atoms with Crippen molar-refractivity contribution in [2.75, 3.05) is 0 Å².